The van der Waals surface area contributed by atoms with Crippen molar-refractivity contribution < 1.29 is 8.42 Å². The number of hydrogen-bond donors (Lipinski definition) is 1. The van der Waals surface area contributed by atoms with Crippen molar-refractivity contribution >= 4 is 21.4 Å². The zero-order valence-electron chi connectivity index (χ0n) is 12.6. The third-order valence-electron chi connectivity index (χ3n) is 3.63. The quantitative estimate of drug-likeness (QED) is 0.879. The molecule has 0 aliphatic carbocycles. The molecule has 1 aromatic heterocycles. The third kappa shape index (κ3) is 3.37. The highest BCUT2D eigenvalue weighted by Crippen LogP contribution is 2.31. The van der Waals surface area contributed by atoms with E-state index >= 15 is 0 Å². The van der Waals surface area contributed by atoms with Gasteiger partial charge in [-0.1, -0.05) is 6.92 Å². The Morgan fingerprint density at radius 1 is 1.42 bits per heavy atom. The van der Waals surface area contributed by atoms with Gasteiger partial charge in [0, 0.05) is 28.9 Å². The smallest absolute Gasteiger partial charge is 0.244 e. The van der Waals surface area contributed by atoms with Gasteiger partial charge in [0.05, 0.1) is 4.90 Å². The van der Waals surface area contributed by atoms with Crippen molar-refractivity contribution in [3.05, 3.63) is 15.8 Å². The van der Waals surface area contributed by atoms with E-state index < -0.39 is 10.0 Å². The molecule has 0 amide bonds. The Morgan fingerprint density at radius 3 is 2.47 bits per heavy atom. The molecule has 110 valence electrons. The van der Waals surface area contributed by atoms with Crippen molar-refractivity contribution in [1.29, 1.82) is 0 Å². The van der Waals surface area contributed by atoms with Crippen LogP contribution in [0.3, 0.4) is 0 Å². The average Bonchev–Trinajstić information content (AvgIpc) is 2.70. The molecule has 0 aliphatic heterocycles. The van der Waals surface area contributed by atoms with Crippen LogP contribution in [0.5, 0.6) is 0 Å². The normalized spacial score (nSPS) is 13.2. The minimum Gasteiger partial charge on any atom is -0.315 e. The summed E-state index contributed by atoms with van der Waals surface area (Å²) in [5, 5.41) is 3.05. The molecule has 0 saturated heterocycles. The van der Waals surface area contributed by atoms with Crippen molar-refractivity contribution in [1.82, 2.24) is 9.62 Å². The Morgan fingerprint density at radius 2 is 2.00 bits per heavy atom. The van der Waals surface area contributed by atoms with Crippen LogP contribution >= 0.6 is 11.3 Å². The van der Waals surface area contributed by atoms with Gasteiger partial charge in [0.2, 0.25) is 10.0 Å². The lowest BCUT2D eigenvalue weighted by molar-refractivity contribution is 0.257. The Hall–Kier alpha value is -0.430. The summed E-state index contributed by atoms with van der Waals surface area (Å²) >= 11 is 1.53. The lowest BCUT2D eigenvalue weighted by Crippen LogP contribution is -2.44. The van der Waals surface area contributed by atoms with Gasteiger partial charge in [-0.15, -0.1) is 11.3 Å². The molecule has 1 N–H and O–H groups in total. The van der Waals surface area contributed by atoms with Gasteiger partial charge in [-0.2, -0.15) is 4.31 Å². The monoisotopic (exact) mass is 304 g/mol. The number of thiophene rings is 1. The number of nitrogens with one attached hydrogen (secondary N) is 1. The number of hydrogen-bond acceptors (Lipinski definition) is 4. The predicted octanol–water partition coefficient (Wildman–Crippen LogP) is 2.59. The predicted molar refractivity (Wildman–Crippen MR) is 81.1 cm³/mol. The van der Waals surface area contributed by atoms with Crippen LogP contribution in [0.1, 0.15) is 36.9 Å². The maximum atomic E-state index is 12.7. The van der Waals surface area contributed by atoms with Crippen LogP contribution in [0.15, 0.2) is 11.0 Å². The van der Waals surface area contributed by atoms with E-state index in [9.17, 15) is 8.42 Å². The van der Waals surface area contributed by atoms with Gasteiger partial charge in [-0.05, 0) is 40.3 Å². The van der Waals surface area contributed by atoms with Gasteiger partial charge in [0.1, 0.15) is 0 Å². The van der Waals surface area contributed by atoms with Gasteiger partial charge in [-0.3, -0.25) is 0 Å². The first-order valence-electron chi connectivity index (χ1n) is 6.39. The van der Waals surface area contributed by atoms with Crippen LogP contribution in [0.25, 0.3) is 0 Å². The van der Waals surface area contributed by atoms with Gasteiger partial charge < -0.3 is 5.32 Å². The summed E-state index contributed by atoms with van der Waals surface area (Å²) in [5.74, 6) is 0. The fourth-order valence-electron chi connectivity index (χ4n) is 1.74. The number of sulfonamides is 1. The minimum atomic E-state index is -3.42. The summed E-state index contributed by atoms with van der Waals surface area (Å²) in [6, 6.07) is 1.79. The van der Waals surface area contributed by atoms with Crippen LogP contribution in [-0.2, 0) is 16.6 Å². The van der Waals surface area contributed by atoms with Crippen molar-refractivity contribution in [2.24, 2.45) is 0 Å². The lowest BCUT2D eigenvalue weighted by Gasteiger charge is -2.33. The molecule has 0 spiro atoms. The fraction of sp³-hybridized carbons (Fsp3) is 0.692. The summed E-state index contributed by atoms with van der Waals surface area (Å²) in [6.07, 6.45) is 0.773. The standard InChI is InChI=1S/C13H24N2O2S2/c1-7-13(3,4)15(6)19(16,17)12-8-11(9-14-5)18-10(12)2/h8,14H,7,9H2,1-6H3. The molecule has 0 fully saturated rings. The topological polar surface area (TPSA) is 49.4 Å². The van der Waals surface area contributed by atoms with Crippen molar-refractivity contribution in [3.8, 4) is 0 Å². The minimum absolute atomic E-state index is 0.379. The first-order valence-corrected chi connectivity index (χ1v) is 8.65. The van der Waals surface area contributed by atoms with E-state index in [2.05, 4.69) is 5.32 Å². The zero-order valence-corrected chi connectivity index (χ0v) is 14.2. The SMILES string of the molecule is CCC(C)(C)N(C)S(=O)(=O)c1cc(CNC)sc1C. The summed E-state index contributed by atoms with van der Waals surface area (Å²) in [7, 11) is 0.0961. The molecule has 1 heterocycles. The summed E-state index contributed by atoms with van der Waals surface area (Å²) in [5.41, 5.74) is -0.379. The van der Waals surface area contributed by atoms with Gasteiger partial charge >= 0.3 is 0 Å². The van der Waals surface area contributed by atoms with Crippen LogP contribution < -0.4 is 5.32 Å². The molecule has 1 aromatic rings. The second-order valence-corrected chi connectivity index (χ2v) is 8.58. The highest BCUT2D eigenvalue weighted by atomic mass is 32.2. The van der Waals surface area contributed by atoms with Gasteiger partial charge in [0.25, 0.3) is 0 Å². The Balaban J connectivity index is 3.20. The molecule has 1 rings (SSSR count). The molecule has 0 aliphatic rings. The Kier molecular flexibility index (Phi) is 5.17. The van der Waals surface area contributed by atoms with Crippen LogP contribution in [0.4, 0.5) is 0 Å². The number of nitrogens with zero attached hydrogens (tertiary/aromatic N) is 1. The molecule has 0 radical (unpaired) electrons. The average molecular weight is 304 g/mol. The summed E-state index contributed by atoms with van der Waals surface area (Å²) < 4.78 is 26.9. The maximum absolute atomic E-state index is 12.7. The van der Waals surface area contributed by atoms with Crippen LogP contribution in [0.2, 0.25) is 0 Å². The van der Waals surface area contributed by atoms with E-state index in [0.717, 1.165) is 16.2 Å². The summed E-state index contributed by atoms with van der Waals surface area (Å²) in [6.45, 7) is 8.45. The molecular formula is C13H24N2O2S2. The maximum Gasteiger partial charge on any atom is 0.244 e. The van der Waals surface area contributed by atoms with Crippen LogP contribution in [-0.4, -0.2) is 32.4 Å². The van der Waals surface area contributed by atoms with Crippen molar-refractivity contribution in [2.45, 2.75) is 51.1 Å². The second kappa shape index (κ2) is 5.91. The first-order chi connectivity index (χ1) is 8.66. The molecule has 0 unspecified atom stereocenters. The number of aryl methyl sites for hydroxylation is 1. The van der Waals surface area contributed by atoms with Crippen molar-refractivity contribution in [2.75, 3.05) is 14.1 Å². The molecule has 0 aromatic carbocycles. The van der Waals surface area contributed by atoms with Gasteiger partial charge in [0.15, 0.2) is 0 Å². The highest BCUT2D eigenvalue weighted by Gasteiger charge is 2.34. The van der Waals surface area contributed by atoms with Crippen molar-refractivity contribution in [3.63, 3.8) is 0 Å². The van der Waals surface area contributed by atoms with Crippen LogP contribution in [0, 0.1) is 6.92 Å². The Bertz CT molecular complexity index is 533. The first kappa shape index (κ1) is 16.6. The van der Waals surface area contributed by atoms with E-state index in [1.165, 1.54) is 15.6 Å². The molecule has 4 nitrogen and oxygen atoms in total. The third-order valence-corrected chi connectivity index (χ3v) is 7.01. The fourth-order valence-corrected chi connectivity index (χ4v) is 4.93. The lowest BCUT2D eigenvalue weighted by atomic mass is 10.0. The van der Waals surface area contributed by atoms with Gasteiger partial charge in [-0.25, -0.2) is 8.42 Å². The molecule has 6 heteroatoms. The van der Waals surface area contributed by atoms with E-state index in [1.807, 2.05) is 34.7 Å². The zero-order chi connectivity index (χ0) is 14.8. The Labute approximate surface area is 120 Å². The van der Waals surface area contributed by atoms with E-state index in [4.69, 9.17) is 0 Å². The molecule has 0 saturated carbocycles. The molecular weight excluding hydrogens is 280 g/mol. The van der Waals surface area contributed by atoms with E-state index in [-0.39, 0.29) is 5.54 Å². The highest BCUT2D eigenvalue weighted by molar-refractivity contribution is 7.89. The molecule has 0 bridgehead atoms. The largest absolute Gasteiger partial charge is 0.315 e. The molecule has 19 heavy (non-hydrogen) atoms. The summed E-state index contributed by atoms with van der Waals surface area (Å²) in [4.78, 5) is 2.33. The number of rotatable bonds is 6. The van der Waals surface area contributed by atoms with E-state index in [0.29, 0.717) is 11.4 Å². The molecule has 0 atom stereocenters. The second-order valence-electron chi connectivity index (χ2n) is 5.30. The van der Waals surface area contributed by atoms with E-state index in [1.54, 1.807) is 13.1 Å².